The summed E-state index contributed by atoms with van der Waals surface area (Å²) in [6.45, 7) is 2.35. The maximum absolute atomic E-state index is 11.6. The van der Waals surface area contributed by atoms with Gasteiger partial charge in [-0.1, -0.05) is 11.8 Å². The molecule has 0 saturated heterocycles. The van der Waals surface area contributed by atoms with Crippen molar-refractivity contribution in [3.8, 4) is 0 Å². The maximum atomic E-state index is 11.6. The van der Waals surface area contributed by atoms with Gasteiger partial charge in [0.2, 0.25) is 0 Å². The Morgan fingerprint density at radius 1 is 1.63 bits per heavy atom. The SMILES string of the molecule is Cc1csc(CCn2c(SCC(=O)O)n[nH]c2=O)n1. The van der Waals surface area contributed by atoms with Gasteiger partial charge in [0, 0.05) is 24.0 Å². The third-order valence-corrected chi connectivity index (χ3v) is 4.25. The van der Waals surface area contributed by atoms with E-state index >= 15 is 0 Å². The van der Waals surface area contributed by atoms with Crippen molar-refractivity contribution in [3.05, 3.63) is 26.6 Å². The quantitative estimate of drug-likeness (QED) is 0.764. The minimum Gasteiger partial charge on any atom is -0.481 e. The molecule has 2 rings (SSSR count). The predicted octanol–water partition coefficient (Wildman–Crippen LogP) is 0.756. The number of hydrogen-bond donors (Lipinski definition) is 2. The van der Waals surface area contributed by atoms with Gasteiger partial charge in [0.05, 0.1) is 10.8 Å². The lowest BCUT2D eigenvalue weighted by atomic mass is 10.4. The summed E-state index contributed by atoms with van der Waals surface area (Å²) in [5, 5.41) is 18.1. The highest BCUT2D eigenvalue weighted by Crippen LogP contribution is 2.14. The second kappa shape index (κ2) is 6.02. The second-order valence-corrected chi connectivity index (χ2v) is 5.66. The van der Waals surface area contributed by atoms with Crippen LogP contribution < -0.4 is 5.69 Å². The van der Waals surface area contributed by atoms with Crippen LogP contribution in [0.5, 0.6) is 0 Å². The van der Waals surface area contributed by atoms with E-state index in [2.05, 4.69) is 15.2 Å². The molecule has 2 N–H and O–H groups in total. The van der Waals surface area contributed by atoms with Crippen molar-refractivity contribution < 1.29 is 9.90 Å². The van der Waals surface area contributed by atoms with Crippen molar-refractivity contribution in [1.82, 2.24) is 19.7 Å². The van der Waals surface area contributed by atoms with E-state index in [0.717, 1.165) is 22.5 Å². The molecule has 0 aromatic carbocycles. The molecule has 0 fully saturated rings. The molecule has 9 heteroatoms. The van der Waals surface area contributed by atoms with Crippen molar-refractivity contribution in [2.75, 3.05) is 5.75 Å². The van der Waals surface area contributed by atoms with Crippen LogP contribution in [0.25, 0.3) is 0 Å². The van der Waals surface area contributed by atoms with Gasteiger partial charge in [-0.3, -0.25) is 9.36 Å². The molecule has 0 unspecified atom stereocenters. The largest absolute Gasteiger partial charge is 0.481 e. The van der Waals surface area contributed by atoms with E-state index in [1.807, 2.05) is 12.3 Å². The molecule has 0 radical (unpaired) electrons. The number of hydrogen-bond acceptors (Lipinski definition) is 6. The number of aliphatic carboxylic acids is 1. The molecule has 2 aromatic heterocycles. The zero-order valence-corrected chi connectivity index (χ0v) is 11.8. The van der Waals surface area contributed by atoms with Crippen molar-refractivity contribution in [1.29, 1.82) is 0 Å². The van der Waals surface area contributed by atoms with Crippen LogP contribution >= 0.6 is 23.1 Å². The van der Waals surface area contributed by atoms with Gasteiger partial charge in [0.1, 0.15) is 0 Å². The normalized spacial score (nSPS) is 10.8. The van der Waals surface area contributed by atoms with Crippen LogP contribution in [0.2, 0.25) is 0 Å². The number of aryl methyl sites for hydroxylation is 2. The number of thiazole rings is 1. The topological polar surface area (TPSA) is 101 Å². The van der Waals surface area contributed by atoms with E-state index in [4.69, 9.17) is 5.11 Å². The standard InChI is InChI=1S/C10H12N4O3S2/c1-6-4-18-7(11-6)2-3-14-9(17)12-13-10(14)19-5-8(15)16/h4H,2-3,5H2,1H3,(H,12,17)(H,15,16). The van der Waals surface area contributed by atoms with Crippen LogP contribution in [0.3, 0.4) is 0 Å². The number of carboxylic acid groups (broad SMARTS) is 1. The van der Waals surface area contributed by atoms with E-state index < -0.39 is 5.97 Å². The average Bonchev–Trinajstić information content (AvgIpc) is 2.91. The Balaban J connectivity index is 2.04. The van der Waals surface area contributed by atoms with Crippen LogP contribution in [-0.2, 0) is 17.8 Å². The molecule has 7 nitrogen and oxygen atoms in total. The fourth-order valence-corrected chi connectivity index (χ4v) is 2.92. The average molecular weight is 300 g/mol. The van der Waals surface area contributed by atoms with Crippen molar-refractivity contribution in [2.45, 2.75) is 25.0 Å². The molecular formula is C10H12N4O3S2. The van der Waals surface area contributed by atoms with E-state index in [1.165, 1.54) is 4.57 Å². The van der Waals surface area contributed by atoms with Gasteiger partial charge in [0.15, 0.2) is 5.16 Å². The molecule has 2 heterocycles. The fraction of sp³-hybridized carbons (Fsp3) is 0.400. The maximum Gasteiger partial charge on any atom is 0.343 e. The summed E-state index contributed by atoms with van der Waals surface area (Å²) in [5.74, 6) is -1.07. The number of carbonyl (C=O) groups is 1. The molecule has 0 bridgehead atoms. The smallest absolute Gasteiger partial charge is 0.343 e. The number of nitrogens with one attached hydrogen (secondary N) is 1. The van der Waals surface area contributed by atoms with Crippen molar-refractivity contribution in [2.24, 2.45) is 0 Å². The summed E-state index contributed by atoms with van der Waals surface area (Å²) in [6, 6.07) is 0. The Kier molecular flexibility index (Phi) is 4.38. The first-order chi connectivity index (χ1) is 9.06. The number of aromatic nitrogens is 4. The molecule has 19 heavy (non-hydrogen) atoms. The molecular weight excluding hydrogens is 288 g/mol. The Morgan fingerprint density at radius 2 is 2.42 bits per heavy atom. The van der Waals surface area contributed by atoms with Gasteiger partial charge in [0.25, 0.3) is 0 Å². The zero-order chi connectivity index (χ0) is 13.8. The van der Waals surface area contributed by atoms with Gasteiger partial charge < -0.3 is 5.11 Å². The lowest BCUT2D eigenvalue weighted by Crippen LogP contribution is -2.19. The van der Waals surface area contributed by atoms with Crippen molar-refractivity contribution >= 4 is 29.1 Å². The zero-order valence-electron chi connectivity index (χ0n) is 10.1. The van der Waals surface area contributed by atoms with Crippen molar-refractivity contribution in [3.63, 3.8) is 0 Å². The van der Waals surface area contributed by atoms with E-state index in [0.29, 0.717) is 18.1 Å². The first-order valence-corrected chi connectivity index (χ1v) is 7.33. The van der Waals surface area contributed by atoms with Crippen LogP contribution in [0.15, 0.2) is 15.3 Å². The number of rotatable bonds is 6. The fourth-order valence-electron chi connectivity index (χ4n) is 1.46. The van der Waals surface area contributed by atoms with Gasteiger partial charge >= 0.3 is 11.7 Å². The van der Waals surface area contributed by atoms with Crippen LogP contribution in [0.4, 0.5) is 0 Å². The molecule has 0 aliphatic carbocycles. The lowest BCUT2D eigenvalue weighted by molar-refractivity contribution is -0.133. The Labute approximate surface area is 116 Å². The minimum atomic E-state index is -0.942. The summed E-state index contributed by atoms with van der Waals surface area (Å²) < 4.78 is 1.43. The Hall–Kier alpha value is -1.61. The molecule has 0 aliphatic rings. The van der Waals surface area contributed by atoms with Crippen LogP contribution in [0.1, 0.15) is 10.7 Å². The molecule has 0 aliphatic heterocycles. The van der Waals surface area contributed by atoms with Gasteiger partial charge in [-0.05, 0) is 6.92 Å². The third-order valence-electron chi connectivity index (χ3n) is 2.26. The highest BCUT2D eigenvalue weighted by molar-refractivity contribution is 7.99. The van der Waals surface area contributed by atoms with Gasteiger partial charge in [-0.2, -0.15) is 0 Å². The Morgan fingerprint density at radius 3 is 3.05 bits per heavy atom. The second-order valence-electron chi connectivity index (χ2n) is 3.78. The summed E-state index contributed by atoms with van der Waals surface area (Å²) >= 11 is 2.56. The lowest BCUT2D eigenvalue weighted by Gasteiger charge is -2.02. The first kappa shape index (κ1) is 13.8. The molecule has 102 valence electrons. The molecule has 2 aromatic rings. The first-order valence-electron chi connectivity index (χ1n) is 5.47. The number of nitrogens with zero attached hydrogens (tertiary/aromatic N) is 3. The summed E-state index contributed by atoms with van der Waals surface area (Å²) in [7, 11) is 0. The van der Waals surface area contributed by atoms with Gasteiger partial charge in [-0.15, -0.1) is 16.4 Å². The molecule has 0 saturated carbocycles. The third kappa shape index (κ3) is 3.67. The van der Waals surface area contributed by atoms with E-state index in [9.17, 15) is 9.59 Å². The summed E-state index contributed by atoms with van der Waals surface area (Å²) in [6.07, 6.45) is 0.624. The van der Waals surface area contributed by atoms with E-state index in [-0.39, 0.29) is 11.4 Å². The summed E-state index contributed by atoms with van der Waals surface area (Å²) in [4.78, 5) is 26.4. The molecule has 0 spiro atoms. The van der Waals surface area contributed by atoms with Crippen LogP contribution in [0, 0.1) is 6.92 Å². The van der Waals surface area contributed by atoms with E-state index in [1.54, 1.807) is 11.3 Å². The monoisotopic (exact) mass is 300 g/mol. The Bertz CT molecular complexity index is 631. The predicted molar refractivity (Wildman–Crippen MR) is 71.8 cm³/mol. The van der Waals surface area contributed by atoms with Gasteiger partial charge in [-0.25, -0.2) is 14.9 Å². The number of carboxylic acids is 1. The molecule has 0 amide bonds. The minimum absolute atomic E-state index is 0.124. The summed E-state index contributed by atoms with van der Waals surface area (Å²) in [5.41, 5.74) is 0.626. The van der Waals surface area contributed by atoms with Crippen LogP contribution in [-0.4, -0.2) is 36.6 Å². The number of thioether (sulfide) groups is 1. The number of H-pyrrole nitrogens is 1. The molecule has 0 atom stereocenters. The number of aromatic amines is 1. The highest BCUT2D eigenvalue weighted by atomic mass is 32.2. The highest BCUT2D eigenvalue weighted by Gasteiger charge is 2.11.